The number of carbonyl (C=O) groups is 1. The van der Waals surface area contributed by atoms with Gasteiger partial charge in [0, 0.05) is 25.2 Å². The Hall–Kier alpha value is -2.55. The number of ether oxygens (including phenoxy) is 2. The standard InChI is InChI=1S/C18H21N3O5S/c1-20-16(18(22)21-9-13-6-11(21)10-27(13,23)24)8-15(19-20)14-7-12(25-2)4-5-17(14)26-3/h4-5,7-8,11,13H,6,9-10H2,1-3H3. The van der Waals surface area contributed by atoms with Crippen molar-refractivity contribution < 1.29 is 22.7 Å². The molecule has 2 aliphatic rings. The van der Waals surface area contributed by atoms with Crippen LogP contribution < -0.4 is 9.47 Å². The molecule has 2 atom stereocenters. The zero-order chi connectivity index (χ0) is 19.3. The van der Waals surface area contributed by atoms with Gasteiger partial charge >= 0.3 is 0 Å². The maximum Gasteiger partial charge on any atom is 0.272 e. The van der Waals surface area contributed by atoms with Crippen LogP contribution in [0.5, 0.6) is 11.5 Å². The molecule has 2 bridgehead atoms. The first-order chi connectivity index (χ1) is 12.8. The van der Waals surface area contributed by atoms with Crippen LogP contribution in [-0.4, -0.2) is 66.8 Å². The van der Waals surface area contributed by atoms with Gasteiger partial charge in [0.05, 0.1) is 30.9 Å². The fraction of sp³-hybridized carbons (Fsp3) is 0.444. The zero-order valence-electron chi connectivity index (χ0n) is 15.4. The molecule has 144 valence electrons. The number of aryl methyl sites for hydroxylation is 1. The first-order valence-corrected chi connectivity index (χ1v) is 10.3. The summed E-state index contributed by atoms with van der Waals surface area (Å²) in [5, 5.41) is 4.03. The molecule has 4 rings (SSSR count). The smallest absolute Gasteiger partial charge is 0.272 e. The molecule has 0 aliphatic carbocycles. The maximum atomic E-state index is 13.0. The van der Waals surface area contributed by atoms with Crippen LogP contribution in [0, 0.1) is 0 Å². The third-order valence-electron chi connectivity index (χ3n) is 5.35. The number of nitrogens with zero attached hydrogens (tertiary/aromatic N) is 3. The van der Waals surface area contributed by atoms with E-state index in [0.29, 0.717) is 29.3 Å². The Labute approximate surface area is 157 Å². The third-order valence-corrected chi connectivity index (χ3v) is 7.56. The number of hydrogen-bond donors (Lipinski definition) is 0. The fourth-order valence-corrected chi connectivity index (χ4v) is 5.93. The summed E-state index contributed by atoms with van der Waals surface area (Å²) in [4.78, 5) is 14.7. The van der Waals surface area contributed by atoms with E-state index in [-0.39, 0.29) is 24.2 Å². The summed E-state index contributed by atoms with van der Waals surface area (Å²) >= 11 is 0. The summed E-state index contributed by atoms with van der Waals surface area (Å²) in [7, 11) is 1.81. The van der Waals surface area contributed by atoms with E-state index in [1.54, 1.807) is 50.4 Å². The van der Waals surface area contributed by atoms with Crippen LogP contribution in [0.1, 0.15) is 16.9 Å². The Bertz CT molecular complexity index is 1010. The molecular weight excluding hydrogens is 370 g/mol. The van der Waals surface area contributed by atoms with Crippen molar-refractivity contribution in [1.82, 2.24) is 14.7 Å². The normalized spacial score (nSPS) is 22.9. The van der Waals surface area contributed by atoms with Gasteiger partial charge in [0.1, 0.15) is 17.2 Å². The van der Waals surface area contributed by atoms with Gasteiger partial charge in [0.15, 0.2) is 9.84 Å². The highest BCUT2D eigenvalue weighted by Crippen LogP contribution is 2.36. The first-order valence-electron chi connectivity index (χ1n) is 8.63. The van der Waals surface area contributed by atoms with Gasteiger partial charge in [-0.1, -0.05) is 0 Å². The van der Waals surface area contributed by atoms with E-state index in [9.17, 15) is 13.2 Å². The largest absolute Gasteiger partial charge is 0.497 e. The predicted octanol–water partition coefficient (Wildman–Crippen LogP) is 1.12. The van der Waals surface area contributed by atoms with Crippen molar-refractivity contribution in [2.45, 2.75) is 17.7 Å². The van der Waals surface area contributed by atoms with Gasteiger partial charge in [-0.05, 0) is 30.7 Å². The molecule has 0 radical (unpaired) electrons. The number of methoxy groups -OCH3 is 2. The highest BCUT2D eigenvalue weighted by Gasteiger charge is 2.50. The number of amides is 1. The van der Waals surface area contributed by atoms with Crippen molar-refractivity contribution in [3.05, 3.63) is 30.0 Å². The molecule has 0 N–H and O–H groups in total. The van der Waals surface area contributed by atoms with E-state index in [1.807, 2.05) is 0 Å². The van der Waals surface area contributed by atoms with Gasteiger partial charge in [0.2, 0.25) is 0 Å². The van der Waals surface area contributed by atoms with E-state index in [2.05, 4.69) is 5.10 Å². The quantitative estimate of drug-likeness (QED) is 0.776. The second-order valence-corrected chi connectivity index (χ2v) is 9.23. The minimum absolute atomic E-state index is 0.0534. The Morgan fingerprint density at radius 3 is 2.59 bits per heavy atom. The lowest BCUT2D eigenvalue weighted by Gasteiger charge is -2.26. The summed E-state index contributed by atoms with van der Waals surface area (Å²) in [6.45, 7) is 0.259. The van der Waals surface area contributed by atoms with Gasteiger partial charge in [-0.3, -0.25) is 9.48 Å². The topological polar surface area (TPSA) is 90.7 Å². The summed E-state index contributed by atoms with van der Waals surface area (Å²) in [6, 6.07) is 6.85. The molecule has 8 nitrogen and oxygen atoms in total. The van der Waals surface area contributed by atoms with Crippen molar-refractivity contribution in [3.8, 4) is 22.8 Å². The molecule has 0 spiro atoms. The predicted molar refractivity (Wildman–Crippen MR) is 98.8 cm³/mol. The van der Waals surface area contributed by atoms with Gasteiger partial charge in [-0.2, -0.15) is 5.10 Å². The molecular formula is C18H21N3O5S. The lowest BCUT2D eigenvalue weighted by atomic mass is 10.1. The summed E-state index contributed by atoms with van der Waals surface area (Å²) in [6.07, 6.45) is 0.530. The lowest BCUT2D eigenvalue weighted by Crippen LogP contribution is -2.44. The van der Waals surface area contributed by atoms with Crippen molar-refractivity contribution in [2.24, 2.45) is 7.05 Å². The number of carbonyl (C=O) groups excluding carboxylic acids is 1. The van der Waals surface area contributed by atoms with Gasteiger partial charge < -0.3 is 14.4 Å². The van der Waals surface area contributed by atoms with Crippen LogP contribution >= 0.6 is 0 Å². The molecule has 2 saturated heterocycles. The van der Waals surface area contributed by atoms with Gasteiger partial charge in [-0.25, -0.2) is 8.42 Å². The van der Waals surface area contributed by atoms with E-state index < -0.39 is 15.1 Å². The molecule has 9 heteroatoms. The molecule has 1 aromatic carbocycles. The number of rotatable bonds is 4. The Kier molecular flexibility index (Phi) is 4.14. The van der Waals surface area contributed by atoms with Crippen LogP contribution in [0.25, 0.3) is 11.3 Å². The molecule has 2 aromatic rings. The van der Waals surface area contributed by atoms with Crippen molar-refractivity contribution >= 4 is 15.7 Å². The van der Waals surface area contributed by atoms with E-state index in [0.717, 1.165) is 5.56 Å². The number of aromatic nitrogens is 2. The lowest BCUT2D eigenvalue weighted by molar-refractivity contribution is 0.0734. The molecule has 2 aliphatic heterocycles. The number of hydrogen-bond acceptors (Lipinski definition) is 6. The second-order valence-electron chi connectivity index (χ2n) is 6.90. The SMILES string of the molecule is COc1ccc(OC)c(-c2cc(C(=O)N3CC4CC3CS4(=O)=O)n(C)n2)c1. The number of benzene rings is 1. The molecule has 1 amide bonds. The Morgan fingerprint density at radius 1 is 1.22 bits per heavy atom. The van der Waals surface area contributed by atoms with Crippen LogP contribution in [0.2, 0.25) is 0 Å². The van der Waals surface area contributed by atoms with E-state index >= 15 is 0 Å². The average Bonchev–Trinajstić information content (AvgIpc) is 3.31. The highest BCUT2D eigenvalue weighted by molar-refractivity contribution is 7.92. The second kappa shape index (κ2) is 6.26. The number of sulfone groups is 1. The molecule has 1 aromatic heterocycles. The number of likely N-dealkylation sites (tertiary alicyclic amines) is 1. The average molecular weight is 391 g/mol. The van der Waals surface area contributed by atoms with E-state index in [1.165, 1.54) is 4.68 Å². The van der Waals surface area contributed by atoms with Crippen LogP contribution in [-0.2, 0) is 16.9 Å². The van der Waals surface area contributed by atoms with Gasteiger partial charge in [0.25, 0.3) is 5.91 Å². The highest BCUT2D eigenvalue weighted by atomic mass is 32.2. The van der Waals surface area contributed by atoms with Crippen molar-refractivity contribution in [1.29, 1.82) is 0 Å². The summed E-state index contributed by atoms with van der Waals surface area (Å²) in [5.74, 6) is 1.14. The van der Waals surface area contributed by atoms with Gasteiger partial charge in [-0.15, -0.1) is 0 Å². The van der Waals surface area contributed by atoms with E-state index in [4.69, 9.17) is 9.47 Å². The monoisotopic (exact) mass is 391 g/mol. The molecule has 2 fully saturated rings. The minimum Gasteiger partial charge on any atom is -0.497 e. The van der Waals surface area contributed by atoms with Crippen molar-refractivity contribution in [2.75, 3.05) is 26.5 Å². The van der Waals surface area contributed by atoms with Crippen LogP contribution in [0.15, 0.2) is 24.3 Å². The van der Waals surface area contributed by atoms with Crippen LogP contribution in [0.4, 0.5) is 0 Å². The molecule has 3 heterocycles. The molecule has 27 heavy (non-hydrogen) atoms. The third kappa shape index (κ3) is 2.86. The first kappa shape index (κ1) is 17.8. The minimum atomic E-state index is -3.05. The van der Waals surface area contributed by atoms with Crippen molar-refractivity contribution in [3.63, 3.8) is 0 Å². The molecule has 2 unspecified atom stereocenters. The number of fused-ring (bicyclic) bond motifs is 2. The zero-order valence-corrected chi connectivity index (χ0v) is 16.2. The summed E-state index contributed by atoms with van der Waals surface area (Å²) in [5.41, 5.74) is 1.73. The fourth-order valence-electron chi connectivity index (χ4n) is 3.91. The summed E-state index contributed by atoms with van der Waals surface area (Å²) < 4.78 is 36.1. The Balaban J connectivity index is 1.66. The van der Waals surface area contributed by atoms with Crippen LogP contribution in [0.3, 0.4) is 0 Å². The Morgan fingerprint density at radius 2 is 2.00 bits per heavy atom. The maximum absolute atomic E-state index is 13.0. The molecule has 0 saturated carbocycles.